The molecule has 0 bridgehead atoms. The van der Waals surface area contributed by atoms with Gasteiger partial charge in [-0.25, -0.2) is 0 Å². The molecule has 4 N–H and O–H groups in total. The zero-order valence-electron chi connectivity index (χ0n) is 20.9. The van der Waals surface area contributed by atoms with Gasteiger partial charge in [0.15, 0.2) is 11.5 Å². The summed E-state index contributed by atoms with van der Waals surface area (Å²) in [4.78, 5) is 0. The summed E-state index contributed by atoms with van der Waals surface area (Å²) in [6.07, 6.45) is 2.09. The second kappa shape index (κ2) is 18.6. The summed E-state index contributed by atoms with van der Waals surface area (Å²) in [7, 11) is 6.99. The van der Waals surface area contributed by atoms with Crippen molar-refractivity contribution in [2.45, 2.75) is 25.4 Å². The van der Waals surface area contributed by atoms with Crippen LogP contribution in [-0.2, 0) is 17.6 Å². The smallest absolute Gasteiger partial charge is 0.161 e. The van der Waals surface area contributed by atoms with Gasteiger partial charge in [0.2, 0.25) is 0 Å². The Morgan fingerprint density at radius 2 is 1.69 bits per heavy atom. The molecule has 2 aromatic rings. The van der Waals surface area contributed by atoms with E-state index >= 15 is 0 Å². The Kier molecular flexibility index (Phi) is 15.8. The summed E-state index contributed by atoms with van der Waals surface area (Å²) in [5.74, 6) is 4.28. The molecule has 7 nitrogen and oxygen atoms in total. The number of nitrogens with one attached hydrogen (secondary N) is 1. The third-order valence-electron chi connectivity index (χ3n) is 5.07. The third kappa shape index (κ3) is 12.8. The second-order valence-electron chi connectivity index (χ2n) is 7.93. The van der Waals surface area contributed by atoms with Crippen LogP contribution in [0.25, 0.3) is 0 Å². The zero-order chi connectivity index (χ0) is 25.1. The van der Waals surface area contributed by atoms with E-state index in [2.05, 4.69) is 11.4 Å². The van der Waals surface area contributed by atoms with Gasteiger partial charge >= 0.3 is 0 Å². The van der Waals surface area contributed by atoms with Crippen molar-refractivity contribution in [3.05, 3.63) is 53.6 Å². The number of nitrogens with two attached hydrogens (primary N) is 1. The topological polar surface area (TPSA) is 95.2 Å². The first-order chi connectivity index (χ1) is 17.2. The lowest BCUT2D eigenvalue weighted by molar-refractivity contribution is 0.106. The van der Waals surface area contributed by atoms with Crippen LogP contribution in [0.15, 0.2) is 42.5 Å². The molecular weight excluding hydrogens is 484 g/mol. The lowest BCUT2D eigenvalue weighted by Gasteiger charge is -2.14. The number of benzene rings is 2. The molecule has 0 amide bonds. The van der Waals surface area contributed by atoms with E-state index in [0.29, 0.717) is 26.3 Å². The first-order valence-electron chi connectivity index (χ1n) is 12.0. The molecule has 0 aliphatic carbocycles. The molecule has 0 radical (unpaired) electrons. The number of rotatable bonds is 20. The quantitative estimate of drug-likeness (QED) is 0.177. The number of aliphatic hydroxyl groups is 1. The lowest BCUT2D eigenvalue weighted by Crippen LogP contribution is -2.32. The highest BCUT2D eigenvalue weighted by Gasteiger charge is 2.08. The first kappa shape index (κ1) is 29.6. The molecule has 2 aromatic carbocycles. The van der Waals surface area contributed by atoms with Crippen LogP contribution in [0.1, 0.15) is 17.5 Å². The van der Waals surface area contributed by atoms with Gasteiger partial charge in [0.1, 0.15) is 18.5 Å². The molecule has 0 spiro atoms. The minimum atomic E-state index is -0.583. The van der Waals surface area contributed by atoms with Crippen molar-refractivity contribution in [3.8, 4) is 17.2 Å². The normalized spacial score (nSPS) is 11.9. The van der Waals surface area contributed by atoms with E-state index < -0.39 is 6.10 Å². The fraction of sp³-hybridized carbons (Fsp3) is 0.538. The molecule has 0 heterocycles. The molecule has 9 heteroatoms. The third-order valence-corrected chi connectivity index (χ3v) is 7.60. The maximum absolute atomic E-state index is 10.2. The van der Waals surface area contributed by atoms with Gasteiger partial charge in [0, 0.05) is 31.7 Å². The summed E-state index contributed by atoms with van der Waals surface area (Å²) >= 11 is 0. The van der Waals surface area contributed by atoms with Crippen LogP contribution in [0.4, 0.5) is 0 Å². The van der Waals surface area contributed by atoms with Crippen molar-refractivity contribution in [2.75, 3.05) is 65.2 Å². The van der Waals surface area contributed by atoms with Crippen LogP contribution >= 0.6 is 21.6 Å². The van der Waals surface area contributed by atoms with Crippen LogP contribution < -0.4 is 25.3 Å². The number of ether oxygens (including phenoxy) is 4. The number of methoxy groups -OCH3 is 2. The summed E-state index contributed by atoms with van der Waals surface area (Å²) in [6, 6.07) is 13.9. The standard InChI is InChI=1S/C26H40N2O5S2/c1-30-15-11-21-4-7-24(8-5-21)33-20-23(29)19-28-13-10-22-6-9-25(26(18-22)31-2)32-14-3-16-34-35-17-12-27/h4-9,18,23,28-29H,3,10-17,19-20,27H2,1-2H3/t23-/m0/s1. The van der Waals surface area contributed by atoms with Crippen LogP contribution in [0.2, 0.25) is 0 Å². The first-order valence-corrected chi connectivity index (χ1v) is 14.5. The highest BCUT2D eigenvalue weighted by molar-refractivity contribution is 8.76. The largest absolute Gasteiger partial charge is 0.493 e. The highest BCUT2D eigenvalue weighted by atomic mass is 33.1. The number of hydrogen-bond acceptors (Lipinski definition) is 9. The van der Waals surface area contributed by atoms with Gasteiger partial charge in [0.25, 0.3) is 0 Å². The average molecular weight is 525 g/mol. The van der Waals surface area contributed by atoms with Crippen molar-refractivity contribution in [2.24, 2.45) is 5.73 Å². The molecule has 196 valence electrons. The maximum atomic E-state index is 10.2. The molecule has 0 unspecified atom stereocenters. The zero-order valence-corrected chi connectivity index (χ0v) is 22.5. The Balaban J connectivity index is 1.62. The van der Waals surface area contributed by atoms with Gasteiger partial charge in [0.05, 0.1) is 20.3 Å². The summed E-state index contributed by atoms with van der Waals surface area (Å²) in [5.41, 5.74) is 7.84. The predicted molar refractivity (Wildman–Crippen MR) is 147 cm³/mol. The minimum Gasteiger partial charge on any atom is -0.493 e. The Morgan fingerprint density at radius 3 is 2.43 bits per heavy atom. The van der Waals surface area contributed by atoms with Gasteiger partial charge in [-0.15, -0.1) is 0 Å². The Hall–Kier alpha value is -1.62. The van der Waals surface area contributed by atoms with Crippen molar-refractivity contribution < 1.29 is 24.1 Å². The average Bonchev–Trinajstić information content (AvgIpc) is 2.89. The lowest BCUT2D eigenvalue weighted by atomic mass is 10.1. The summed E-state index contributed by atoms with van der Waals surface area (Å²) < 4.78 is 22.2. The monoisotopic (exact) mass is 524 g/mol. The molecule has 1 atom stereocenters. The van der Waals surface area contributed by atoms with Crippen LogP contribution in [0, 0.1) is 0 Å². The number of hydrogen-bond donors (Lipinski definition) is 3. The van der Waals surface area contributed by atoms with Crippen molar-refractivity contribution in [1.29, 1.82) is 0 Å². The van der Waals surface area contributed by atoms with Crippen LogP contribution in [0.5, 0.6) is 17.2 Å². The van der Waals surface area contributed by atoms with Gasteiger partial charge in [-0.05, 0) is 61.2 Å². The van der Waals surface area contributed by atoms with E-state index in [-0.39, 0.29) is 6.61 Å². The van der Waals surface area contributed by atoms with E-state index in [1.165, 1.54) is 5.56 Å². The highest BCUT2D eigenvalue weighted by Crippen LogP contribution is 2.29. The molecule has 0 aliphatic heterocycles. The maximum Gasteiger partial charge on any atom is 0.161 e. The molecule has 2 rings (SSSR count). The Labute approximate surface area is 217 Å². The van der Waals surface area contributed by atoms with Gasteiger partial charge < -0.3 is 35.1 Å². The van der Waals surface area contributed by atoms with Crippen LogP contribution in [0.3, 0.4) is 0 Å². The van der Waals surface area contributed by atoms with E-state index in [9.17, 15) is 5.11 Å². The van der Waals surface area contributed by atoms with E-state index in [4.69, 9.17) is 24.7 Å². The van der Waals surface area contributed by atoms with E-state index in [1.807, 2.05) is 47.2 Å². The molecule has 0 fully saturated rings. The fourth-order valence-corrected chi connectivity index (χ4v) is 5.09. The van der Waals surface area contributed by atoms with Gasteiger partial charge in [-0.3, -0.25) is 0 Å². The number of aliphatic hydroxyl groups excluding tert-OH is 1. The predicted octanol–water partition coefficient (Wildman–Crippen LogP) is 3.57. The van der Waals surface area contributed by atoms with Crippen molar-refractivity contribution in [3.63, 3.8) is 0 Å². The molecule has 0 saturated heterocycles. The Morgan fingerprint density at radius 1 is 0.914 bits per heavy atom. The van der Waals surface area contributed by atoms with Crippen molar-refractivity contribution in [1.82, 2.24) is 5.32 Å². The fourth-order valence-electron chi connectivity index (χ4n) is 3.18. The molecule has 35 heavy (non-hydrogen) atoms. The summed E-state index contributed by atoms with van der Waals surface area (Å²) in [6.45, 7) is 3.52. The Bertz CT molecular complexity index is 811. The minimum absolute atomic E-state index is 0.245. The van der Waals surface area contributed by atoms with Crippen molar-refractivity contribution >= 4 is 21.6 Å². The van der Waals surface area contributed by atoms with Gasteiger partial charge in [-0.2, -0.15) is 0 Å². The molecule has 0 aromatic heterocycles. The molecular formula is C26H40N2O5S2. The molecule has 0 aliphatic rings. The van der Waals surface area contributed by atoms with Crippen LogP contribution in [-0.4, -0.2) is 76.4 Å². The second-order valence-corrected chi connectivity index (χ2v) is 10.6. The van der Waals surface area contributed by atoms with E-state index in [0.717, 1.165) is 60.1 Å². The molecule has 0 saturated carbocycles. The van der Waals surface area contributed by atoms with E-state index in [1.54, 1.807) is 25.0 Å². The summed E-state index contributed by atoms with van der Waals surface area (Å²) in [5, 5.41) is 13.5. The van der Waals surface area contributed by atoms with Gasteiger partial charge in [-0.1, -0.05) is 39.8 Å². The SMILES string of the molecule is COCCc1ccc(OC[C@@H](O)CNCCc2ccc(OCCCSSCCN)c(OC)c2)cc1.